The molecule has 0 aliphatic heterocycles. The monoisotopic (exact) mass is 352 g/mol. The van der Waals surface area contributed by atoms with Gasteiger partial charge in [0, 0.05) is 11.1 Å². The number of hydrogen-bond acceptors (Lipinski definition) is 4. The molecule has 1 unspecified atom stereocenters. The van der Waals surface area contributed by atoms with Crippen molar-refractivity contribution in [3.8, 4) is 0 Å². The highest BCUT2D eigenvalue weighted by atomic mass is 35.5. The lowest BCUT2D eigenvalue weighted by molar-refractivity contribution is -0.153. The highest BCUT2D eigenvalue weighted by molar-refractivity contribution is 6.31. The average Bonchev–Trinajstić information content (AvgIpc) is 3.02. The van der Waals surface area contributed by atoms with Crippen molar-refractivity contribution in [2.24, 2.45) is 0 Å². The van der Waals surface area contributed by atoms with E-state index in [0.29, 0.717) is 10.6 Å². The number of esters is 1. The van der Waals surface area contributed by atoms with Crippen LogP contribution in [-0.2, 0) is 20.7 Å². The van der Waals surface area contributed by atoms with Gasteiger partial charge in [0.1, 0.15) is 0 Å². The van der Waals surface area contributed by atoms with E-state index in [2.05, 4.69) is 10.6 Å². The molecule has 130 valence electrons. The van der Waals surface area contributed by atoms with Crippen molar-refractivity contribution in [2.75, 3.05) is 0 Å². The van der Waals surface area contributed by atoms with E-state index >= 15 is 0 Å². The van der Waals surface area contributed by atoms with Crippen LogP contribution in [0, 0.1) is 0 Å². The van der Waals surface area contributed by atoms with Gasteiger partial charge in [-0.3, -0.25) is 14.9 Å². The number of benzene rings is 1. The molecule has 0 aromatic heterocycles. The van der Waals surface area contributed by atoms with E-state index in [1.54, 1.807) is 24.3 Å². The zero-order valence-corrected chi connectivity index (χ0v) is 14.3. The molecule has 0 heterocycles. The maximum Gasteiger partial charge on any atom is 0.321 e. The summed E-state index contributed by atoms with van der Waals surface area (Å²) in [5.74, 6) is -1.24. The summed E-state index contributed by atoms with van der Waals surface area (Å²) in [5, 5.41) is 5.39. The summed E-state index contributed by atoms with van der Waals surface area (Å²) < 4.78 is 5.05. The molecule has 0 spiro atoms. The van der Waals surface area contributed by atoms with Crippen LogP contribution >= 0.6 is 11.6 Å². The Morgan fingerprint density at radius 1 is 1.25 bits per heavy atom. The quantitative estimate of drug-likeness (QED) is 0.798. The highest BCUT2D eigenvalue weighted by Crippen LogP contribution is 2.17. The molecule has 2 N–H and O–H groups in total. The van der Waals surface area contributed by atoms with Crippen LogP contribution in [0.4, 0.5) is 4.79 Å². The van der Waals surface area contributed by atoms with Crippen LogP contribution in [0.1, 0.15) is 38.2 Å². The fourth-order valence-electron chi connectivity index (χ4n) is 2.59. The molecule has 3 amide bonds. The minimum absolute atomic E-state index is 0.0361. The van der Waals surface area contributed by atoms with Gasteiger partial charge in [-0.25, -0.2) is 4.79 Å². The van der Waals surface area contributed by atoms with Crippen molar-refractivity contribution in [3.63, 3.8) is 0 Å². The standard InChI is InChI=1S/C17H21ClN2O4/c1-11(16(22)20-17(23)19-13-7-3-4-8-13)24-15(21)10-12-6-2-5-9-14(12)18/h2,5-6,9,11,13H,3-4,7-8,10H2,1H3,(H2,19,20,22,23). The largest absolute Gasteiger partial charge is 0.452 e. The second-order valence-corrected chi connectivity index (χ2v) is 6.25. The Kier molecular flexibility index (Phi) is 6.61. The third-order valence-electron chi connectivity index (χ3n) is 3.90. The molecule has 0 saturated heterocycles. The van der Waals surface area contributed by atoms with Gasteiger partial charge in [-0.15, -0.1) is 0 Å². The summed E-state index contributed by atoms with van der Waals surface area (Å²) in [6.45, 7) is 1.42. The van der Waals surface area contributed by atoms with Gasteiger partial charge in [0.05, 0.1) is 6.42 Å². The van der Waals surface area contributed by atoms with Crippen molar-refractivity contribution in [1.82, 2.24) is 10.6 Å². The SMILES string of the molecule is CC(OC(=O)Cc1ccccc1Cl)C(=O)NC(=O)NC1CCCC1. The molecule has 1 atom stereocenters. The fraction of sp³-hybridized carbons (Fsp3) is 0.471. The van der Waals surface area contributed by atoms with E-state index in [0.717, 1.165) is 25.7 Å². The Morgan fingerprint density at radius 2 is 1.92 bits per heavy atom. The normalized spacial score (nSPS) is 15.6. The van der Waals surface area contributed by atoms with E-state index in [1.165, 1.54) is 6.92 Å². The first kappa shape index (κ1) is 18.3. The number of halogens is 1. The molecule has 1 aromatic rings. The van der Waals surface area contributed by atoms with Crippen molar-refractivity contribution >= 4 is 29.5 Å². The van der Waals surface area contributed by atoms with Crippen LogP contribution in [-0.4, -0.2) is 30.1 Å². The van der Waals surface area contributed by atoms with Crippen LogP contribution in [0.5, 0.6) is 0 Å². The topological polar surface area (TPSA) is 84.5 Å². The van der Waals surface area contributed by atoms with Crippen LogP contribution < -0.4 is 10.6 Å². The highest BCUT2D eigenvalue weighted by Gasteiger charge is 2.22. The lowest BCUT2D eigenvalue weighted by atomic mass is 10.1. The molecule has 2 rings (SSSR count). The molecular formula is C17H21ClN2O4. The average molecular weight is 353 g/mol. The van der Waals surface area contributed by atoms with Crippen molar-refractivity contribution in [3.05, 3.63) is 34.9 Å². The number of amides is 3. The molecule has 1 aliphatic rings. The number of ether oxygens (including phenoxy) is 1. The van der Waals surface area contributed by atoms with Crippen LogP contribution in [0.25, 0.3) is 0 Å². The van der Waals surface area contributed by atoms with Crippen molar-refractivity contribution in [2.45, 2.75) is 51.2 Å². The van der Waals surface area contributed by atoms with E-state index in [1.807, 2.05) is 0 Å². The summed E-state index contributed by atoms with van der Waals surface area (Å²) in [6, 6.07) is 6.46. The van der Waals surface area contributed by atoms with Crippen LogP contribution in [0.15, 0.2) is 24.3 Å². The minimum atomic E-state index is -1.06. The van der Waals surface area contributed by atoms with Crippen LogP contribution in [0.2, 0.25) is 5.02 Å². The van der Waals surface area contributed by atoms with Gasteiger partial charge in [-0.2, -0.15) is 0 Å². The number of rotatable bonds is 5. The predicted octanol–water partition coefficient (Wildman–Crippen LogP) is 2.58. The minimum Gasteiger partial charge on any atom is -0.452 e. The summed E-state index contributed by atoms with van der Waals surface area (Å²) >= 11 is 5.98. The van der Waals surface area contributed by atoms with Gasteiger partial charge in [-0.05, 0) is 31.4 Å². The second kappa shape index (κ2) is 8.68. The lowest BCUT2D eigenvalue weighted by Crippen LogP contribution is -2.47. The number of hydrogen-bond donors (Lipinski definition) is 2. The first-order valence-corrected chi connectivity index (χ1v) is 8.37. The molecule has 1 aliphatic carbocycles. The molecule has 24 heavy (non-hydrogen) atoms. The van der Waals surface area contributed by atoms with Gasteiger partial charge in [-0.1, -0.05) is 42.6 Å². The summed E-state index contributed by atoms with van der Waals surface area (Å²) in [7, 11) is 0. The third-order valence-corrected chi connectivity index (χ3v) is 4.27. The van der Waals surface area contributed by atoms with E-state index in [9.17, 15) is 14.4 Å². The summed E-state index contributed by atoms with van der Waals surface area (Å²) in [4.78, 5) is 35.5. The lowest BCUT2D eigenvalue weighted by Gasteiger charge is -2.15. The Hall–Kier alpha value is -2.08. The number of urea groups is 1. The molecule has 1 saturated carbocycles. The van der Waals surface area contributed by atoms with Gasteiger partial charge in [0.25, 0.3) is 5.91 Å². The predicted molar refractivity (Wildman–Crippen MR) is 89.6 cm³/mol. The smallest absolute Gasteiger partial charge is 0.321 e. The zero-order valence-electron chi connectivity index (χ0n) is 13.5. The van der Waals surface area contributed by atoms with Gasteiger partial charge in [0.2, 0.25) is 0 Å². The third kappa shape index (κ3) is 5.53. The molecule has 6 nitrogen and oxygen atoms in total. The molecule has 0 radical (unpaired) electrons. The molecule has 1 fully saturated rings. The number of nitrogens with one attached hydrogen (secondary N) is 2. The fourth-order valence-corrected chi connectivity index (χ4v) is 2.80. The van der Waals surface area contributed by atoms with Gasteiger partial charge < -0.3 is 10.1 Å². The first-order chi connectivity index (χ1) is 11.5. The number of carbonyl (C=O) groups is 3. The molecule has 7 heteroatoms. The van der Waals surface area contributed by atoms with Crippen molar-refractivity contribution in [1.29, 1.82) is 0 Å². The Labute approximate surface area is 145 Å². The maximum atomic E-state index is 11.9. The van der Waals surface area contributed by atoms with E-state index < -0.39 is 24.0 Å². The van der Waals surface area contributed by atoms with Gasteiger partial charge in [0.15, 0.2) is 6.10 Å². The molecule has 0 bridgehead atoms. The number of carbonyl (C=O) groups excluding carboxylic acids is 3. The Balaban J connectivity index is 1.77. The summed E-state index contributed by atoms with van der Waals surface area (Å²) in [5.41, 5.74) is 0.621. The van der Waals surface area contributed by atoms with Crippen molar-refractivity contribution < 1.29 is 19.1 Å². The van der Waals surface area contributed by atoms with E-state index in [4.69, 9.17) is 16.3 Å². The second-order valence-electron chi connectivity index (χ2n) is 5.84. The molecular weight excluding hydrogens is 332 g/mol. The Morgan fingerprint density at radius 3 is 2.58 bits per heavy atom. The zero-order chi connectivity index (χ0) is 17.5. The summed E-state index contributed by atoms with van der Waals surface area (Å²) in [6.07, 6.45) is 2.90. The first-order valence-electron chi connectivity index (χ1n) is 8.00. The Bertz CT molecular complexity index is 614. The maximum absolute atomic E-state index is 11.9. The number of imide groups is 1. The van der Waals surface area contributed by atoms with E-state index in [-0.39, 0.29) is 12.5 Å². The van der Waals surface area contributed by atoms with Gasteiger partial charge >= 0.3 is 12.0 Å². The van der Waals surface area contributed by atoms with Crippen LogP contribution in [0.3, 0.4) is 0 Å². The molecule has 1 aromatic carbocycles.